The minimum atomic E-state index is -2.42. The van der Waals surface area contributed by atoms with E-state index in [2.05, 4.69) is 5.32 Å². The van der Waals surface area contributed by atoms with E-state index in [9.17, 15) is 18.4 Å². The lowest BCUT2D eigenvalue weighted by Gasteiger charge is -2.38. The highest BCUT2D eigenvalue weighted by atomic mass is 19.3. The molecule has 0 saturated carbocycles. The molecule has 6 nitrogen and oxygen atoms in total. The first-order valence-electron chi connectivity index (χ1n) is 7.55. The standard InChI is InChI=1S/C14H23F2N3O3/c1-17-10-7-18(8-12(15)16)6-5-9-3-4-11(14(21)22-2)19(9)13(10)20/h9-12,17H,3-8H2,1-2H3/t9-,10+,11+/m1/s1. The Hall–Kier alpha value is -1.28. The molecule has 0 aromatic rings. The minimum absolute atomic E-state index is 0.0899. The average Bonchev–Trinajstić information content (AvgIpc) is 2.90. The number of hydrogen-bond acceptors (Lipinski definition) is 5. The van der Waals surface area contributed by atoms with Crippen LogP contribution in [0.15, 0.2) is 0 Å². The van der Waals surface area contributed by atoms with Crippen LogP contribution in [0, 0.1) is 0 Å². The van der Waals surface area contributed by atoms with Gasteiger partial charge >= 0.3 is 5.97 Å². The second-order valence-corrected chi connectivity index (χ2v) is 5.80. The summed E-state index contributed by atoms with van der Waals surface area (Å²) in [5.74, 6) is -0.616. The van der Waals surface area contributed by atoms with Crippen molar-refractivity contribution < 1.29 is 23.1 Å². The Morgan fingerprint density at radius 2 is 2.14 bits per heavy atom. The number of carbonyl (C=O) groups is 2. The quantitative estimate of drug-likeness (QED) is 0.744. The van der Waals surface area contributed by atoms with Crippen LogP contribution in [-0.4, -0.2) is 80.0 Å². The first-order valence-corrected chi connectivity index (χ1v) is 7.55. The Bertz CT molecular complexity index is 422. The predicted octanol–water partition coefficient (Wildman–Crippen LogP) is 0.0778. The fraction of sp³-hybridized carbons (Fsp3) is 0.857. The van der Waals surface area contributed by atoms with E-state index in [-0.39, 0.29) is 25.0 Å². The second kappa shape index (κ2) is 7.32. The SMILES string of the molecule is CN[C@H]1CN(CC(F)F)CC[C@H]2CC[C@@H](C(=O)OC)N2C1=O. The van der Waals surface area contributed by atoms with Crippen LogP contribution in [0.4, 0.5) is 8.78 Å². The van der Waals surface area contributed by atoms with Crippen LogP contribution in [0.5, 0.6) is 0 Å². The van der Waals surface area contributed by atoms with Gasteiger partial charge in [-0.1, -0.05) is 0 Å². The van der Waals surface area contributed by atoms with Crippen LogP contribution in [0.25, 0.3) is 0 Å². The van der Waals surface area contributed by atoms with E-state index in [1.54, 1.807) is 16.8 Å². The van der Waals surface area contributed by atoms with Gasteiger partial charge in [-0.25, -0.2) is 13.6 Å². The van der Waals surface area contributed by atoms with Crippen molar-refractivity contribution in [1.29, 1.82) is 0 Å². The topological polar surface area (TPSA) is 61.9 Å². The number of amides is 1. The molecule has 1 N–H and O–H groups in total. The molecule has 22 heavy (non-hydrogen) atoms. The number of fused-ring (bicyclic) bond motifs is 1. The number of alkyl halides is 2. The summed E-state index contributed by atoms with van der Waals surface area (Å²) >= 11 is 0. The third kappa shape index (κ3) is 3.55. The smallest absolute Gasteiger partial charge is 0.328 e. The zero-order chi connectivity index (χ0) is 16.3. The lowest BCUT2D eigenvalue weighted by Crippen LogP contribution is -2.58. The van der Waals surface area contributed by atoms with Gasteiger partial charge < -0.3 is 15.0 Å². The summed E-state index contributed by atoms with van der Waals surface area (Å²) in [6, 6.07) is -1.24. The molecule has 2 aliphatic rings. The lowest BCUT2D eigenvalue weighted by atomic mass is 10.1. The van der Waals surface area contributed by atoms with Crippen molar-refractivity contribution in [3.8, 4) is 0 Å². The number of ether oxygens (including phenoxy) is 1. The molecule has 0 aliphatic carbocycles. The highest BCUT2D eigenvalue weighted by Gasteiger charge is 2.44. The number of carbonyl (C=O) groups excluding carboxylic acids is 2. The van der Waals surface area contributed by atoms with Crippen molar-refractivity contribution in [3.63, 3.8) is 0 Å². The van der Waals surface area contributed by atoms with Crippen LogP contribution in [0.2, 0.25) is 0 Å². The molecule has 3 atom stereocenters. The molecule has 0 aromatic carbocycles. The van der Waals surface area contributed by atoms with Gasteiger partial charge in [0.25, 0.3) is 6.43 Å². The summed E-state index contributed by atoms with van der Waals surface area (Å²) in [5.41, 5.74) is 0. The number of rotatable bonds is 4. The van der Waals surface area contributed by atoms with Gasteiger partial charge in [-0.05, 0) is 26.3 Å². The van der Waals surface area contributed by atoms with E-state index in [0.29, 0.717) is 25.8 Å². The third-order valence-electron chi connectivity index (χ3n) is 4.49. The Kier molecular flexibility index (Phi) is 5.69. The molecule has 2 aliphatic heterocycles. The van der Waals surface area contributed by atoms with Gasteiger partial charge in [0.15, 0.2) is 0 Å². The molecular formula is C14H23F2N3O3. The highest BCUT2D eigenvalue weighted by Crippen LogP contribution is 2.29. The normalized spacial score (nSPS) is 30.1. The molecule has 2 saturated heterocycles. The molecular weight excluding hydrogens is 296 g/mol. The van der Waals surface area contributed by atoms with E-state index in [0.717, 1.165) is 0 Å². The van der Waals surface area contributed by atoms with E-state index < -0.39 is 24.5 Å². The molecule has 0 unspecified atom stereocenters. The summed E-state index contributed by atoms with van der Waals surface area (Å²) in [5, 5.41) is 2.88. The first-order chi connectivity index (χ1) is 10.5. The number of likely N-dealkylation sites (N-methyl/N-ethyl adjacent to an activating group) is 1. The number of hydrogen-bond donors (Lipinski definition) is 1. The third-order valence-corrected chi connectivity index (χ3v) is 4.49. The Balaban J connectivity index is 2.17. The number of nitrogens with zero attached hydrogens (tertiary/aromatic N) is 2. The largest absolute Gasteiger partial charge is 0.467 e. The highest BCUT2D eigenvalue weighted by molar-refractivity contribution is 5.88. The fourth-order valence-corrected chi connectivity index (χ4v) is 3.38. The first kappa shape index (κ1) is 17.1. The second-order valence-electron chi connectivity index (χ2n) is 5.80. The number of nitrogens with one attached hydrogen (secondary N) is 1. The molecule has 2 heterocycles. The zero-order valence-electron chi connectivity index (χ0n) is 12.9. The van der Waals surface area contributed by atoms with Crippen molar-refractivity contribution in [2.45, 2.75) is 43.8 Å². The van der Waals surface area contributed by atoms with Crippen molar-refractivity contribution in [3.05, 3.63) is 0 Å². The monoisotopic (exact) mass is 319 g/mol. The van der Waals surface area contributed by atoms with Gasteiger partial charge in [0.05, 0.1) is 19.7 Å². The number of halogens is 2. The minimum Gasteiger partial charge on any atom is -0.467 e. The molecule has 8 heteroatoms. The number of esters is 1. The molecule has 0 spiro atoms. The molecule has 0 bridgehead atoms. The van der Waals surface area contributed by atoms with E-state index in [4.69, 9.17) is 4.74 Å². The summed E-state index contributed by atoms with van der Waals surface area (Å²) in [6.07, 6.45) is -0.559. The van der Waals surface area contributed by atoms with E-state index in [1.807, 2.05) is 0 Å². The van der Waals surface area contributed by atoms with E-state index >= 15 is 0 Å². The van der Waals surface area contributed by atoms with Gasteiger partial charge in [0.2, 0.25) is 5.91 Å². The molecule has 0 radical (unpaired) electrons. The van der Waals surface area contributed by atoms with Gasteiger partial charge in [0.1, 0.15) is 6.04 Å². The predicted molar refractivity (Wildman–Crippen MR) is 75.6 cm³/mol. The zero-order valence-corrected chi connectivity index (χ0v) is 12.9. The molecule has 1 amide bonds. The summed E-state index contributed by atoms with van der Waals surface area (Å²) in [4.78, 5) is 27.8. The lowest BCUT2D eigenvalue weighted by molar-refractivity contribution is -0.153. The Morgan fingerprint density at radius 1 is 1.41 bits per heavy atom. The molecule has 2 fully saturated rings. The Morgan fingerprint density at radius 3 is 2.73 bits per heavy atom. The maximum Gasteiger partial charge on any atom is 0.328 e. The van der Waals surface area contributed by atoms with Crippen molar-refractivity contribution in [2.24, 2.45) is 0 Å². The number of methoxy groups -OCH3 is 1. The van der Waals surface area contributed by atoms with Crippen LogP contribution < -0.4 is 5.32 Å². The van der Waals surface area contributed by atoms with E-state index in [1.165, 1.54) is 7.11 Å². The summed E-state index contributed by atoms with van der Waals surface area (Å²) in [7, 11) is 2.94. The summed E-state index contributed by atoms with van der Waals surface area (Å²) < 4.78 is 30.1. The average molecular weight is 319 g/mol. The molecule has 0 aromatic heterocycles. The van der Waals surface area contributed by atoms with Gasteiger partial charge in [-0.15, -0.1) is 0 Å². The fourth-order valence-electron chi connectivity index (χ4n) is 3.38. The van der Waals surface area contributed by atoms with Crippen molar-refractivity contribution in [2.75, 3.05) is 33.8 Å². The van der Waals surface area contributed by atoms with Crippen LogP contribution >= 0.6 is 0 Å². The van der Waals surface area contributed by atoms with Crippen LogP contribution in [-0.2, 0) is 14.3 Å². The maximum absolute atomic E-state index is 12.7. The maximum atomic E-state index is 12.7. The van der Waals surface area contributed by atoms with Gasteiger partial charge in [0, 0.05) is 19.1 Å². The van der Waals surface area contributed by atoms with Crippen molar-refractivity contribution in [1.82, 2.24) is 15.1 Å². The van der Waals surface area contributed by atoms with Gasteiger partial charge in [-0.3, -0.25) is 9.69 Å². The molecule has 2 rings (SSSR count). The summed E-state index contributed by atoms with van der Waals surface area (Å²) in [6.45, 7) is 0.375. The Labute approximate surface area is 128 Å². The van der Waals surface area contributed by atoms with Crippen molar-refractivity contribution >= 4 is 11.9 Å². The van der Waals surface area contributed by atoms with Crippen LogP contribution in [0.3, 0.4) is 0 Å². The van der Waals surface area contributed by atoms with Gasteiger partial charge in [-0.2, -0.15) is 0 Å². The molecule has 126 valence electrons. The van der Waals surface area contributed by atoms with Crippen LogP contribution in [0.1, 0.15) is 19.3 Å².